The van der Waals surface area contributed by atoms with Crippen LogP contribution in [0.15, 0.2) is 19.9 Å². The Balaban J connectivity index is 2.63. The highest BCUT2D eigenvalue weighted by Gasteiger charge is 2.55. The molecular formula is C9H8F6O4. The predicted molar refractivity (Wildman–Crippen MR) is 47.4 cm³/mol. The Kier molecular flexibility index (Phi) is 4.03. The first-order valence-corrected chi connectivity index (χ1v) is 4.78. The quantitative estimate of drug-likeness (QED) is 0.757. The van der Waals surface area contributed by atoms with Gasteiger partial charge in [0, 0.05) is 6.92 Å². The molecule has 1 aromatic rings. The monoisotopic (exact) mass is 294 g/mol. The molecule has 0 unspecified atom stereocenters. The van der Waals surface area contributed by atoms with Gasteiger partial charge in [-0.25, -0.2) is 13.6 Å². The summed E-state index contributed by atoms with van der Waals surface area (Å²) in [6, 6.07) is 0. The fourth-order valence-electron chi connectivity index (χ4n) is 0.976. The molecule has 0 atom stereocenters. The van der Waals surface area contributed by atoms with Crippen LogP contribution < -0.4 is 5.82 Å². The van der Waals surface area contributed by atoms with Crippen LogP contribution >= 0.6 is 0 Å². The molecule has 0 aliphatic carbocycles. The fourth-order valence-corrected chi connectivity index (χ4v) is 0.976. The molecule has 0 bridgehead atoms. The summed E-state index contributed by atoms with van der Waals surface area (Å²) in [7, 11) is 0. The van der Waals surface area contributed by atoms with Gasteiger partial charge in [0.2, 0.25) is 0 Å². The molecule has 0 aliphatic heterocycles. The van der Waals surface area contributed by atoms with Crippen LogP contribution in [0.1, 0.15) is 12.7 Å². The third kappa shape index (κ3) is 4.30. The van der Waals surface area contributed by atoms with Crippen LogP contribution in [-0.2, 0) is 11.2 Å². The van der Waals surface area contributed by atoms with Crippen molar-refractivity contribution in [2.24, 2.45) is 0 Å². The maximum Gasteiger partial charge on any atom is 0.518 e. The van der Waals surface area contributed by atoms with Crippen molar-refractivity contribution >= 4 is 0 Å². The van der Waals surface area contributed by atoms with E-state index in [0.717, 1.165) is 0 Å². The molecule has 0 saturated heterocycles. The zero-order valence-corrected chi connectivity index (χ0v) is 9.39. The van der Waals surface area contributed by atoms with Crippen molar-refractivity contribution in [3.63, 3.8) is 0 Å². The van der Waals surface area contributed by atoms with Crippen LogP contribution in [0.25, 0.3) is 0 Å². The summed E-state index contributed by atoms with van der Waals surface area (Å²) in [6.45, 7) is -2.14. The van der Waals surface area contributed by atoms with Crippen LogP contribution in [0.3, 0.4) is 0 Å². The predicted octanol–water partition coefficient (Wildman–Crippen LogP) is 2.68. The first-order valence-electron chi connectivity index (χ1n) is 4.78. The third-order valence-electron chi connectivity index (χ3n) is 1.91. The summed E-state index contributed by atoms with van der Waals surface area (Å²) in [5.41, 5.74) is 0. The van der Waals surface area contributed by atoms with Crippen molar-refractivity contribution in [1.82, 2.24) is 0 Å². The van der Waals surface area contributed by atoms with Gasteiger partial charge in [0.1, 0.15) is 12.9 Å². The lowest BCUT2D eigenvalue weighted by Crippen LogP contribution is -2.43. The minimum atomic E-state index is -5.03. The van der Waals surface area contributed by atoms with Gasteiger partial charge in [0.05, 0.1) is 6.42 Å². The molecule has 19 heavy (non-hydrogen) atoms. The van der Waals surface area contributed by atoms with Crippen molar-refractivity contribution in [2.45, 2.75) is 31.3 Å². The van der Waals surface area contributed by atoms with Gasteiger partial charge < -0.3 is 13.6 Å². The van der Waals surface area contributed by atoms with Gasteiger partial charge in [-0.15, -0.1) is 0 Å². The lowest BCUT2D eigenvalue weighted by Gasteiger charge is -2.25. The molecule has 110 valence electrons. The van der Waals surface area contributed by atoms with Crippen molar-refractivity contribution in [3.8, 4) is 0 Å². The van der Waals surface area contributed by atoms with Crippen LogP contribution in [0, 0.1) is 0 Å². The highest BCUT2D eigenvalue weighted by atomic mass is 19.3. The SMILES string of the molecule is CC(F)(F)C(F)(F)OCC(F)(F)Cc1coc(=O)o1. The Morgan fingerprint density at radius 3 is 2.21 bits per heavy atom. The molecule has 0 saturated carbocycles. The summed E-state index contributed by atoms with van der Waals surface area (Å²) in [5.74, 6) is -10.4. The highest BCUT2D eigenvalue weighted by Crippen LogP contribution is 2.36. The molecule has 1 rings (SSSR count). The standard InChI is InChI=1S/C9H8F6O4/c1-7(10,11)9(14,15)18-4-8(12,13)2-5-3-17-6(16)19-5/h3H,2,4H2,1H3. The van der Waals surface area contributed by atoms with Crippen LogP contribution in [0.5, 0.6) is 0 Å². The Labute approximate surface area is 101 Å². The minimum Gasteiger partial charge on any atom is -0.399 e. The number of halogens is 6. The van der Waals surface area contributed by atoms with Crippen molar-refractivity contribution in [1.29, 1.82) is 0 Å². The molecule has 0 fully saturated rings. The maximum atomic E-state index is 13.1. The second-order valence-corrected chi connectivity index (χ2v) is 3.78. The molecule has 10 heteroatoms. The average Bonchev–Trinajstić information content (AvgIpc) is 2.59. The van der Waals surface area contributed by atoms with E-state index in [-0.39, 0.29) is 6.92 Å². The second kappa shape index (κ2) is 4.91. The van der Waals surface area contributed by atoms with Gasteiger partial charge in [-0.1, -0.05) is 0 Å². The van der Waals surface area contributed by atoms with E-state index >= 15 is 0 Å². The minimum absolute atomic E-state index is 0.166. The summed E-state index contributed by atoms with van der Waals surface area (Å²) < 4.78 is 87.5. The first kappa shape index (κ1) is 15.6. The van der Waals surface area contributed by atoms with Gasteiger partial charge in [0.15, 0.2) is 5.76 Å². The number of ether oxygens (including phenoxy) is 1. The zero-order chi connectivity index (χ0) is 14.9. The summed E-state index contributed by atoms with van der Waals surface area (Å²) in [5, 5.41) is 0. The van der Waals surface area contributed by atoms with E-state index in [9.17, 15) is 31.1 Å². The molecular weight excluding hydrogens is 286 g/mol. The van der Waals surface area contributed by atoms with E-state index in [4.69, 9.17) is 0 Å². The summed E-state index contributed by atoms with van der Waals surface area (Å²) >= 11 is 0. The second-order valence-electron chi connectivity index (χ2n) is 3.78. The summed E-state index contributed by atoms with van der Waals surface area (Å²) in [4.78, 5) is 10.4. The highest BCUT2D eigenvalue weighted by molar-refractivity contribution is 4.91. The number of rotatable bonds is 6. The molecule has 1 heterocycles. The van der Waals surface area contributed by atoms with Gasteiger partial charge in [0.25, 0.3) is 5.92 Å². The van der Waals surface area contributed by atoms with E-state index in [1.807, 2.05) is 0 Å². The van der Waals surface area contributed by atoms with E-state index in [1.54, 1.807) is 0 Å². The molecule has 0 spiro atoms. The topological polar surface area (TPSA) is 52.6 Å². The molecule has 0 N–H and O–H groups in total. The average molecular weight is 294 g/mol. The van der Waals surface area contributed by atoms with Gasteiger partial charge >= 0.3 is 17.9 Å². The molecule has 0 aliphatic rings. The largest absolute Gasteiger partial charge is 0.518 e. The molecule has 0 aromatic carbocycles. The Bertz CT molecular complexity index is 472. The number of alkyl halides is 6. The molecule has 4 nitrogen and oxygen atoms in total. The van der Waals surface area contributed by atoms with Crippen molar-refractivity contribution in [2.75, 3.05) is 6.61 Å². The third-order valence-corrected chi connectivity index (χ3v) is 1.91. The van der Waals surface area contributed by atoms with Crippen LogP contribution in [-0.4, -0.2) is 24.6 Å². The molecule has 0 amide bonds. The molecule has 1 aromatic heterocycles. The molecule has 0 radical (unpaired) electrons. The Morgan fingerprint density at radius 2 is 1.79 bits per heavy atom. The van der Waals surface area contributed by atoms with Crippen LogP contribution in [0.2, 0.25) is 0 Å². The maximum absolute atomic E-state index is 13.1. The lowest BCUT2D eigenvalue weighted by molar-refractivity contribution is -0.353. The normalized spacial score (nSPS) is 13.8. The van der Waals surface area contributed by atoms with E-state index < -0.39 is 42.6 Å². The zero-order valence-electron chi connectivity index (χ0n) is 9.39. The van der Waals surface area contributed by atoms with E-state index in [0.29, 0.717) is 6.26 Å². The Morgan fingerprint density at radius 1 is 1.21 bits per heavy atom. The summed E-state index contributed by atoms with van der Waals surface area (Å²) in [6.07, 6.45) is -5.78. The van der Waals surface area contributed by atoms with Crippen molar-refractivity contribution < 1.29 is 39.9 Å². The van der Waals surface area contributed by atoms with Gasteiger partial charge in [-0.05, 0) is 0 Å². The van der Waals surface area contributed by atoms with Crippen LogP contribution in [0.4, 0.5) is 26.3 Å². The van der Waals surface area contributed by atoms with E-state index in [2.05, 4.69) is 13.6 Å². The number of hydrogen-bond donors (Lipinski definition) is 0. The Hall–Kier alpha value is -1.45. The first-order chi connectivity index (χ1) is 8.43. The lowest BCUT2D eigenvalue weighted by atomic mass is 10.2. The number of hydrogen-bond acceptors (Lipinski definition) is 4. The van der Waals surface area contributed by atoms with Gasteiger partial charge in [-0.2, -0.15) is 17.6 Å². The van der Waals surface area contributed by atoms with Gasteiger partial charge in [-0.3, -0.25) is 0 Å². The van der Waals surface area contributed by atoms with Crippen molar-refractivity contribution in [3.05, 3.63) is 22.6 Å². The smallest absolute Gasteiger partial charge is 0.399 e. The fraction of sp³-hybridized carbons (Fsp3) is 0.667. The van der Waals surface area contributed by atoms with E-state index in [1.165, 1.54) is 0 Å².